The summed E-state index contributed by atoms with van der Waals surface area (Å²) in [5.41, 5.74) is 2.72. The van der Waals surface area contributed by atoms with Gasteiger partial charge in [0.2, 0.25) is 0 Å². The summed E-state index contributed by atoms with van der Waals surface area (Å²) in [7, 11) is 0. The van der Waals surface area contributed by atoms with Gasteiger partial charge in [-0.2, -0.15) is 0 Å². The standard InChI is InChI=1S/C14H18N2/c1-2-16-9-3-4-14(16)12-5-6-13-11(10-12)7-8-15-13/h5-8,10,14-15H,2-4,9H2,1H3/t14-/m1/s1. The second-order valence-corrected chi connectivity index (χ2v) is 4.61. The van der Waals surface area contributed by atoms with Crippen molar-refractivity contribution in [2.45, 2.75) is 25.8 Å². The molecule has 1 aliphatic heterocycles. The van der Waals surface area contributed by atoms with Gasteiger partial charge in [-0.1, -0.05) is 13.0 Å². The predicted molar refractivity (Wildman–Crippen MR) is 67.5 cm³/mol. The lowest BCUT2D eigenvalue weighted by molar-refractivity contribution is 0.272. The van der Waals surface area contributed by atoms with Crippen molar-refractivity contribution in [3.8, 4) is 0 Å². The molecule has 1 atom stereocenters. The third-order valence-electron chi connectivity index (χ3n) is 3.73. The van der Waals surface area contributed by atoms with Gasteiger partial charge in [0, 0.05) is 17.8 Å². The Morgan fingerprint density at radius 1 is 1.38 bits per heavy atom. The van der Waals surface area contributed by atoms with Gasteiger partial charge in [0.25, 0.3) is 0 Å². The van der Waals surface area contributed by atoms with Crippen molar-refractivity contribution in [2.24, 2.45) is 0 Å². The van der Waals surface area contributed by atoms with Crippen molar-refractivity contribution in [3.05, 3.63) is 36.0 Å². The fourth-order valence-electron chi connectivity index (χ4n) is 2.86. The molecular formula is C14H18N2. The molecule has 0 bridgehead atoms. The second kappa shape index (κ2) is 3.95. The Balaban J connectivity index is 1.98. The molecule has 1 saturated heterocycles. The Labute approximate surface area is 96.3 Å². The fourth-order valence-corrected chi connectivity index (χ4v) is 2.86. The Morgan fingerprint density at radius 3 is 3.19 bits per heavy atom. The van der Waals surface area contributed by atoms with Gasteiger partial charge in [0.15, 0.2) is 0 Å². The molecule has 2 nitrogen and oxygen atoms in total. The Kier molecular flexibility index (Phi) is 2.44. The number of hydrogen-bond acceptors (Lipinski definition) is 1. The zero-order valence-corrected chi connectivity index (χ0v) is 9.74. The number of nitrogens with one attached hydrogen (secondary N) is 1. The third kappa shape index (κ3) is 1.54. The van der Waals surface area contributed by atoms with E-state index in [4.69, 9.17) is 0 Å². The highest BCUT2D eigenvalue weighted by Gasteiger charge is 2.24. The first-order chi connectivity index (χ1) is 7.88. The number of H-pyrrole nitrogens is 1. The molecule has 0 unspecified atom stereocenters. The molecule has 1 aromatic carbocycles. The van der Waals surface area contributed by atoms with Gasteiger partial charge >= 0.3 is 0 Å². The smallest absolute Gasteiger partial charge is 0.0454 e. The highest BCUT2D eigenvalue weighted by Crippen LogP contribution is 2.32. The SMILES string of the molecule is CCN1CCC[C@@H]1c1ccc2[nH]ccc2c1. The molecule has 0 spiro atoms. The highest BCUT2D eigenvalue weighted by molar-refractivity contribution is 5.80. The van der Waals surface area contributed by atoms with E-state index < -0.39 is 0 Å². The van der Waals surface area contributed by atoms with E-state index in [0.717, 1.165) is 6.54 Å². The van der Waals surface area contributed by atoms with Crippen LogP contribution in [0, 0.1) is 0 Å². The van der Waals surface area contributed by atoms with Crippen LogP contribution in [0.5, 0.6) is 0 Å². The maximum absolute atomic E-state index is 3.25. The zero-order valence-electron chi connectivity index (χ0n) is 9.74. The molecule has 0 aliphatic carbocycles. The van der Waals surface area contributed by atoms with Gasteiger partial charge in [0.1, 0.15) is 0 Å². The molecule has 1 fully saturated rings. The van der Waals surface area contributed by atoms with Crippen molar-refractivity contribution in [2.75, 3.05) is 13.1 Å². The van der Waals surface area contributed by atoms with E-state index in [1.54, 1.807) is 0 Å². The first-order valence-corrected chi connectivity index (χ1v) is 6.19. The van der Waals surface area contributed by atoms with Crippen LogP contribution in [-0.2, 0) is 0 Å². The number of benzene rings is 1. The fraction of sp³-hybridized carbons (Fsp3) is 0.429. The minimum atomic E-state index is 0.643. The summed E-state index contributed by atoms with van der Waals surface area (Å²) >= 11 is 0. The molecule has 1 aromatic heterocycles. The number of aromatic amines is 1. The molecule has 1 N–H and O–H groups in total. The summed E-state index contributed by atoms with van der Waals surface area (Å²) in [6, 6.07) is 9.62. The predicted octanol–water partition coefficient (Wildman–Crippen LogP) is 3.32. The molecule has 0 saturated carbocycles. The van der Waals surface area contributed by atoms with E-state index in [9.17, 15) is 0 Å². The van der Waals surface area contributed by atoms with Crippen molar-refractivity contribution in [1.29, 1.82) is 0 Å². The van der Waals surface area contributed by atoms with Crippen LogP contribution in [0.15, 0.2) is 30.5 Å². The molecule has 1 aliphatic rings. The summed E-state index contributed by atoms with van der Waals surface area (Å²) in [6.07, 6.45) is 4.66. The Hall–Kier alpha value is -1.28. The number of nitrogens with zero attached hydrogens (tertiary/aromatic N) is 1. The van der Waals surface area contributed by atoms with Crippen molar-refractivity contribution >= 4 is 10.9 Å². The summed E-state index contributed by atoms with van der Waals surface area (Å²) < 4.78 is 0. The third-order valence-corrected chi connectivity index (χ3v) is 3.73. The first-order valence-electron chi connectivity index (χ1n) is 6.19. The van der Waals surface area contributed by atoms with E-state index in [1.165, 1.54) is 35.9 Å². The molecule has 84 valence electrons. The van der Waals surface area contributed by atoms with Crippen molar-refractivity contribution < 1.29 is 0 Å². The topological polar surface area (TPSA) is 19.0 Å². The number of hydrogen-bond donors (Lipinski definition) is 1. The van der Waals surface area contributed by atoms with E-state index in [0.29, 0.717) is 6.04 Å². The van der Waals surface area contributed by atoms with Crippen LogP contribution in [-0.4, -0.2) is 23.0 Å². The minimum Gasteiger partial charge on any atom is -0.361 e. The van der Waals surface area contributed by atoms with Crippen LogP contribution < -0.4 is 0 Å². The minimum absolute atomic E-state index is 0.643. The Bertz CT molecular complexity index is 486. The number of aromatic nitrogens is 1. The summed E-state index contributed by atoms with van der Waals surface area (Å²) in [6.45, 7) is 4.68. The van der Waals surface area contributed by atoms with Crippen LogP contribution >= 0.6 is 0 Å². The van der Waals surface area contributed by atoms with E-state index in [-0.39, 0.29) is 0 Å². The highest BCUT2D eigenvalue weighted by atomic mass is 15.2. The lowest BCUT2D eigenvalue weighted by Crippen LogP contribution is -2.22. The summed E-state index contributed by atoms with van der Waals surface area (Å²) in [4.78, 5) is 5.83. The zero-order chi connectivity index (χ0) is 11.0. The molecular weight excluding hydrogens is 196 g/mol. The normalized spacial score (nSPS) is 21.9. The van der Waals surface area contributed by atoms with Gasteiger partial charge in [-0.3, -0.25) is 4.90 Å². The average Bonchev–Trinajstić information content (AvgIpc) is 2.96. The van der Waals surface area contributed by atoms with E-state index >= 15 is 0 Å². The summed E-state index contributed by atoms with van der Waals surface area (Å²) in [5.74, 6) is 0. The van der Waals surface area contributed by atoms with Crippen LogP contribution in [0.3, 0.4) is 0 Å². The number of likely N-dealkylation sites (tertiary alicyclic amines) is 1. The van der Waals surface area contributed by atoms with Crippen LogP contribution in [0.1, 0.15) is 31.4 Å². The van der Waals surface area contributed by atoms with Crippen molar-refractivity contribution in [1.82, 2.24) is 9.88 Å². The van der Waals surface area contributed by atoms with Gasteiger partial charge in [-0.25, -0.2) is 0 Å². The molecule has 2 heteroatoms. The molecule has 16 heavy (non-hydrogen) atoms. The molecule has 0 radical (unpaired) electrons. The van der Waals surface area contributed by atoms with E-state index in [1.807, 2.05) is 6.20 Å². The quantitative estimate of drug-likeness (QED) is 0.812. The molecule has 3 rings (SSSR count). The van der Waals surface area contributed by atoms with Crippen LogP contribution in [0.4, 0.5) is 0 Å². The van der Waals surface area contributed by atoms with Crippen LogP contribution in [0.2, 0.25) is 0 Å². The largest absolute Gasteiger partial charge is 0.361 e. The summed E-state index contributed by atoms with van der Waals surface area (Å²) in [5, 5.41) is 1.33. The van der Waals surface area contributed by atoms with Crippen molar-refractivity contribution in [3.63, 3.8) is 0 Å². The Morgan fingerprint density at radius 2 is 2.31 bits per heavy atom. The lowest BCUT2D eigenvalue weighted by Gasteiger charge is -2.23. The van der Waals surface area contributed by atoms with E-state index in [2.05, 4.69) is 41.1 Å². The average molecular weight is 214 g/mol. The van der Waals surface area contributed by atoms with Gasteiger partial charge < -0.3 is 4.98 Å². The molecule has 2 heterocycles. The first kappa shape index (κ1) is 9.91. The van der Waals surface area contributed by atoms with Gasteiger partial charge in [-0.15, -0.1) is 0 Å². The monoisotopic (exact) mass is 214 g/mol. The second-order valence-electron chi connectivity index (χ2n) is 4.61. The molecule has 0 amide bonds. The van der Waals surface area contributed by atoms with Crippen LogP contribution in [0.25, 0.3) is 10.9 Å². The lowest BCUT2D eigenvalue weighted by atomic mass is 10.0. The number of rotatable bonds is 2. The maximum atomic E-state index is 3.25. The maximum Gasteiger partial charge on any atom is 0.0454 e. The molecule has 2 aromatic rings. The number of fused-ring (bicyclic) bond motifs is 1. The van der Waals surface area contributed by atoms with Gasteiger partial charge in [-0.05, 0) is 55.1 Å². The van der Waals surface area contributed by atoms with Gasteiger partial charge in [0.05, 0.1) is 0 Å².